The molecule has 0 aliphatic carbocycles. The number of rotatable bonds is 5. The fourth-order valence-corrected chi connectivity index (χ4v) is 2.19. The number of anilines is 1. The van der Waals surface area contributed by atoms with E-state index in [1.807, 2.05) is 6.07 Å². The summed E-state index contributed by atoms with van der Waals surface area (Å²) in [7, 11) is 2.06. The number of piperazine rings is 1. The molecular weight excluding hydrogens is 262 g/mol. The van der Waals surface area contributed by atoms with Gasteiger partial charge in [0.05, 0.1) is 11.5 Å². The molecule has 110 valence electrons. The Kier molecular flexibility index (Phi) is 4.75. The largest absolute Gasteiger partial charge is 0.484 e. The highest BCUT2D eigenvalue weighted by atomic mass is 16.6. The molecule has 0 unspecified atom stereocenters. The maximum Gasteiger partial charge on any atom is 0.312 e. The second-order valence-corrected chi connectivity index (χ2v) is 4.77. The van der Waals surface area contributed by atoms with Crippen LogP contribution in [0.4, 0.5) is 11.4 Å². The van der Waals surface area contributed by atoms with Crippen molar-refractivity contribution in [3.05, 3.63) is 28.3 Å². The van der Waals surface area contributed by atoms with Crippen molar-refractivity contribution >= 4 is 11.4 Å². The van der Waals surface area contributed by atoms with Gasteiger partial charge in [-0.2, -0.15) is 0 Å². The monoisotopic (exact) mass is 281 g/mol. The molecule has 1 heterocycles. The van der Waals surface area contributed by atoms with Gasteiger partial charge in [0.1, 0.15) is 6.61 Å². The minimum absolute atomic E-state index is 0.0503. The van der Waals surface area contributed by atoms with Crippen LogP contribution >= 0.6 is 0 Å². The lowest BCUT2D eigenvalue weighted by molar-refractivity contribution is -0.385. The smallest absolute Gasteiger partial charge is 0.312 e. The summed E-state index contributed by atoms with van der Waals surface area (Å²) in [6, 6.07) is 4.96. The Morgan fingerprint density at radius 3 is 2.65 bits per heavy atom. The van der Waals surface area contributed by atoms with Crippen molar-refractivity contribution in [3.63, 3.8) is 0 Å². The molecule has 1 fully saturated rings. The van der Waals surface area contributed by atoms with Crippen LogP contribution in [0.1, 0.15) is 0 Å². The highest BCUT2D eigenvalue weighted by Crippen LogP contribution is 2.32. The van der Waals surface area contributed by atoms with Gasteiger partial charge in [-0.05, 0) is 19.2 Å². The molecule has 1 aromatic carbocycles. The van der Waals surface area contributed by atoms with Gasteiger partial charge in [0.25, 0.3) is 0 Å². The van der Waals surface area contributed by atoms with Crippen LogP contribution in [0.15, 0.2) is 18.2 Å². The van der Waals surface area contributed by atoms with Gasteiger partial charge in [-0.25, -0.2) is 0 Å². The summed E-state index contributed by atoms with van der Waals surface area (Å²) >= 11 is 0. The maximum atomic E-state index is 11.1. The quantitative estimate of drug-likeness (QED) is 0.633. The molecule has 0 amide bonds. The zero-order valence-corrected chi connectivity index (χ0v) is 11.5. The van der Waals surface area contributed by atoms with E-state index in [9.17, 15) is 10.1 Å². The van der Waals surface area contributed by atoms with Crippen LogP contribution in [-0.2, 0) is 0 Å². The number of likely N-dealkylation sites (N-methyl/N-ethyl adjacent to an activating group) is 1. The molecule has 7 heteroatoms. The molecule has 7 nitrogen and oxygen atoms in total. The molecule has 2 rings (SSSR count). The van der Waals surface area contributed by atoms with E-state index in [2.05, 4.69) is 16.8 Å². The fraction of sp³-hybridized carbons (Fsp3) is 0.538. The average molecular weight is 281 g/mol. The molecule has 1 N–H and O–H groups in total. The van der Waals surface area contributed by atoms with Gasteiger partial charge in [-0.3, -0.25) is 10.1 Å². The van der Waals surface area contributed by atoms with E-state index in [1.165, 1.54) is 6.07 Å². The van der Waals surface area contributed by atoms with E-state index >= 15 is 0 Å². The average Bonchev–Trinajstić information content (AvgIpc) is 2.45. The Bertz CT molecular complexity index is 473. The molecule has 1 aliphatic rings. The molecule has 0 aromatic heterocycles. The molecule has 0 radical (unpaired) electrons. The van der Waals surface area contributed by atoms with Gasteiger partial charge in [0.2, 0.25) is 0 Å². The zero-order valence-electron chi connectivity index (χ0n) is 11.5. The first kappa shape index (κ1) is 14.5. The molecule has 1 aliphatic heterocycles. The highest BCUT2D eigenvalue weighted by molar-refractivity contribution is 5.60. The van der Waals surface area contributed by atoms with E-state index in [-0.39, 0.29) is 24.7 Å². The third-order valence-corrected chi connectivity index (χ3v) is 3.36. The molecule has 0 atom stereocenters. The van der Waals surface area contributed by atoms with E-state index < -0.39 is 4.92 Å². The van der Waals surface area contributed by atoms with E-state index in [0.29, 0.717) is 0 Å². The van der Waals surface area contributed by atoms with E-state index in [1.54, 1.807) is 6.07 Å². The zero-order chi connectivity index (χ0) is 14.5. The molecule has 0 spiro atoms. The first-order chi connectivity index (χ1) is 9.61. The Hall–Kier alpha value is -1.86. The van der Waals surface area contributed by atoms with Crippen LogP contribution in [0, 0.1) is 10.1 Å². The summed E-state index contributed by atoms with van der Waals surface area (Å²) < 4.78 is 5.19. The molecule has 1 saturated heterocycles. The van der Waals surface area contributed by atoms with Gasteiger partial charge in [0.15, 0.2) is 5.75 Å². The van der Waals surface area contributed by atoms with Crippen LogP contribution in [0.5, 0.6) is 5.75 Å². The van der Waals surface area contributed by atoms with Crippen molar-refractivity contribution in [3.8, 4) is 5.75 Å². The lowest BCUT2D eigenvalue weighted by Gasteiger charge is -2.34. The Morgan fingerprint density at radius 2 is 2.05 bits per heavy atom. The number of aliphatic hydroxyl groups excluding tert-OH is 1. The third kappa shape index (κ3) is 3.37. The standard InChI is InChI=1S/C13H19N3O4/c1-14-4-6-15(7-5-14)11-2-3-13(20-9-8-17)12(10-11)16(18)19/h2-3,10,17H,4-9H2,1H3. The first-order valence-corrected chi connectivity index (χ1v) is 6.57. The van der Waals surface area contributed by atoms with Gasteiger partial charge in [-0.1, -0.05) is 0 Å². The van der Waals surface area contributed by atoms with Crippen LogP contribution in [0.2, 0.25) is 0 Å². The second-order valence-electron chi connectivity index (χ2n) is 4.77. The fourth-order valence-electron chi connectivity index (χ4n) is 2.19. The summed E-state index contributed by atoms with van der Waals surface area (Å²) in [5, 5.41) is 19.8. The van der Waals surface area contributed by atoms with Crippen LogP contribution < -0.4 is 9.64 Å². The number of aliphatic hydroxyl groups is 1. The van der Waals surface area contributed by atoms with Crippen molar-refractivity contribution in [1.82, 2.24) is 4.90 Å². The number of nitrogens with zero attached hydrogens (tertiary/aromatic N) is 3. The molecule has 0 bridgehead atoms. The minimum Gasteiger partial charge on any atom is -0.484 e. The van der Waals surface area contributed by atoms with Crippen molar-refractivity contribution in [2.75, 3.05) is 51.3 Å². The molecule has 0 saturated carbocycles. The number of hydrogen-bond acceptors (Lipinski definition) is 6. The lowest BCUT2D eigenvalue weighted by Crippen LogP contribution is -2.44. The van der Waals surface area contributed by atoms with Crippen molar-refractivity contribution in [2.24, 2.45) is 0 Å². The van der Waals surface area contributed by atoms with Crippen molar-refractivity contribution in [1.29, 1.82) is 0 Å². The lowest BCUT2D eigenvalue weighted by atomic mass is 10.2. The Labute approximate surface area is 117 Å². The highest BCUT2D eigenvalue weighted by Gasteiger charge is 2.20. The predicted octanol–water partition coefficient (Wildman–Crippen LogP) is 0.718. The molecular formula is C13H19N3O4. The van der Waals surface area contributed by atoms with Crippen LogP contribution in [0.25, 0.3) is 0 Å². The SMILES string of the molecule is CN1CCN(c2ccc(OCCO)c([N+](=O)[O-])c2)CC1. The normalized spacial score (nSPS) is 16.2. The maximum absolute atomic E-state index is 11.1. The Balaban J connectivity index is 2.19. The number of benzene rings is 1. The van der Waals surface area contributed by atoms with Crippen LogP contribution in [-0.4, -0.2) is 61.4 Å². The third-order valence-electron chi connectivity index (χ3n) is 3.36. The summed E-state index contributed by atoms with van der Waals surface area (Å²) in [4.78, 5) is 15.0. The number of hydrogen-bond donors (Lipinski definition) is 1. The van der Waals surface area contributed by atoms with Crippen molar-refractivity contribution in [2.45, 2.75) is 0 Å². The van der Waals surface area contributed by atoms with Gasteiger partial charge >= 0.3 is 5.69 Å². The number of nitro benzene ring substituents is 1. The van der Waals surface area contributed by atoms with Gasteiger partial charge in [0, 0.05) is 37.9 Å². The molecule has 1 aromatic rings. The van der Waals surface area contributed by atoms with Crippen molar-refractivity contribution < 1.29 is 14.8 Å². The second kappa shape index (κ2) is 6.53. The van der Waals surface area contributed by atoms with E-state index in [4.69, 9.17) is 9.84 Å². The van der Waals surface area contributed by atoms with Gasteiger partial charge in [-0.15, -0.1) is 0 Å². The summed E-state index contributed by atoms with van der Waals surface area (Å²) in [6.45, 7) is 3.47. The van der Waals surface area contributed by atoms with Crippen LogP contribution in [0.3, 0.4) is 0 Å². The minimum atomic E-state index is -0.452. The summed E-state index contributed by atoms with van der Waals surface area (Å²) in [5.41, 5.74) is 0.774. The number of nitro groups is 1. The summed E-state index contributed by atoms with van der Waals surface area (Å²) in [5.74, 6) is 0.196. The number of ether oxygens (including phenoxy) is 1. The Morgan fingerprint density at radius 1 is 1.35 bits per heavy atom. The molecule has 20 heavy (non-hydrogen) atoms. The van der Waals surface area contributed by atoms with E-state index in [0.717, 1.165) is 31.9 Å². The topological polar surface area (TPSA) is 79.1 Å². The van der Waals surface area contributed by atoms with Gasteiger partial charge < -0.3 is 19.6 Å². The summed E-state index contributed by atoms with van der Waals surface area (Å²) in [6.07, 6.45) is 0. The first-order valence-electron chi connectivity index (χ1n) is 6.57. The predicted molar refractivity (Wildman–Crippen MR) is 75.4 cm³/mol.